The van der Waals surface area contributed by atoms with Crippen LogP contribution in [0.15, 0.2) is 54.6 Å². The summed E-state index contributed by atoms with van der Waals surface area (Å²) >= 11 is 2.23. The van der Waals surface area contributed by atoms with E-state index in [1.165, 1.54) is 0 Å². The van der Waals surface area contributed by atoms with Gasteiger partial charge in [0.25, 0.3) is 0 Å². The number of rotatable bonds is 4. The van der Waals surface area contributed by atoms with Crippen molar-refractivity contribution in [3.63, 3.8) is 0 Å². The van der Waals surface area contributed by atoms with Crippen LogP contribution in [0.1, 0.15) is 15.9 Å². The molecule has 0 spiro atoms. The Bertz CT molecular complexity index is 612. The zero-order chi connectivity index (χ0) is 14.5. The van der Waals surface area contributed by atoms with Gasteiger partial charge in [-0.15, -0.1) is 0 Å². The Morgan fingerprint density at radius 3 is 2.15 bits per heavy atom. The first-order chi connectivity index (χ1) is 9.56. The van der Waals surface area contributed by atoms with Gasteiger partial charge in [0.05, 0.1) is 0 Å². The average Bonchev–Trinajstić information content (AvgIpc) is 2.46. The summed E-state index contributed by atoms with van der Waals surface area (Å²) in [5.41, 5.74) is 2.88. The Labute approximate surface area is 133 Å². The van der Waals surface area contributed by atoms with E-state index in [1.54, 1.807) is 6.08 Å². The van der Waals surface area contributed by atoms with Crippen molar-refractivity contribution in [1.29, 1.82) is 0 Å². The third kappa shape index (κ3) is 3.93. The molecule has 0 aliphatic rings. The Hall–Kier alpha value is -1.62. The van der Waals surface area contributed by atoms with Crippen molar-refractivity contribution in [1.82, 2.24) is 0 Å². The first kappa shape index (κ1) is 14.8. The number of hydrogen-bond donors (Lipinski definition) is 0. The first-order valence-corrected chi connectivity index (χ1v) is 7.39. The van der Waals surface area contributed by atoms with E-state index in [1.807, 2.05) is 73.6 Å². The number of carbonyl (C=O) groups is 1. The molecule has 0 atom stereocenters. The monoisotopic (exact) mass is 375 g/mol. The van der Waals surface area contributed by atoms with E-state index in [-0.39, 0.29) is 5.78 Å². The second-order valence-electron chi connectivity index (χ2n) is 4.69. The normalized spacial score (nSPS) is 10.8. The van der Waals surface area contributed by atoms with Crippen LogP contribution in [-0.4, -0.2) is 19.9 Å². The van der Waals surface area contributed by atoms with Crippen LogP contribution in [0.4, 0.5) is 5.69 Å². The third-order valence-electron chi connectivity index (χ3n) is 2.97. The van der Waals surface area contributed by atoms with Gasteiger partial charge in [0.2, 0.25) is 0 Å². The van der Waals surface area contributed by atoms with Crippen LogP contribution in [0.2, 0.25) is 0 Å². The van der Waals surface area contributed by atoms with Crippen LogP contribution in [0.25, 0.3) is 6.08 Å². The van der Waals surface area contributed by atoms with E-state index in [0.717, 1.165) is 14.8 Å². The van der Waals surface area contributed by atoms with Gasteiger partial charge in [-0.25, -0.2) is 0 Å². The van der Waals surface area contributed by atoms with Crippen molar-refractivity contribution in [2.45, 2.75) is 0 Å². The highest BCUT2D eigenvalue weighted by molar-refractivity contribution is 14.1. The van der Waals surface area contributed by atoms with Gasteiger partial charge in [-0.1, -0.05) is 30.3 Å². The molecule has 2 nitrogen and oxygen atoms in total. The molecule has 2 aromatic carbocycles. The van der Waals surface area contributed by atoms with E-state index in [0.29, 0.717) is 5.56 Å². The maximum absolute atomic E-state index is 12.0. The van der Waals surface area contributed by atoms with Crippen molar-refractivity contribution < 1.29 is 4.79 Å². The molecule has 0 amide bonds. The number of carbonyl (C=O) groups excluding carboxylic acids is 1. The smallest absolute Gasteiger partial charge is 0.185 e. The standard InChI is InChI=1S/C17H16INO/c1-19(2)16-10-3-13(4-11-16)5-12-17(20)14-6-8-15(18)9-7-14/h3-12H,1-2H3/b12-5+/i18-2. The molecule has 0 fully saturated rings. The van der Waals surface area contributed by atoms with Crippen molar-refractivity contribution in [2.24, 2.45) is 0 Å². The molecule has 20 heavy (non-hydrogen) atoms. The zero-order valence-electron chi connectivity index (χ0n) is 11.5. The fourth-order valence-electron chi connectivity index (χ4n) is 1.77. The largest absolute Gasteiger partial charge is 0.378 e. The van der Waals surface area contributed by atoms with Crippen LogP contribution < -0.4 is 4.90 Å². The van der Waals surface area contributed by atoms with Gasteiger partial charge in [-0.05, 0) is 58.5 Å². The highest BCUT2D eigenvalue weighted by Crippen LogP contribution is 2.14. The molecule has 0 saturated heterocycles. The first-order valence-electron chi connectivity index (χ1n) is 6.31. The van der Waals surface area contributed by atoms with Gasteiger partial charge in [0.15, 0.2) is 5.78 Å². The van der Waals surface area contributed by atoms with Crippen LogP contribution >= 0.6 is 22.6 Å². The molecule has 0 aliphatic carbocycles. The second-order valence-corrected chi connectivity index (χ2v) is 5.94. The number of nitrogens with zero attached hydrogens (tertiary/aromatic N) is 1. The lowest BCUT2D eigenvalue weighted by molar-refractivity contribution is 0.104. The third-order valence-corrected chi connectivity index (χ3v) is 3.68. The summed E-state index contributed by atoms with van der Waals surface area (Å²) < 4.78 is 1.13. The van der Waals surface area contributed by atoms with E-state index in [9.17, 15) is 4.79 Å². The molecule has 2 rings (SSSR count). The predicted octanol–water partition coefficient (Wildman–Crippen LogP) is 4.25. The lowest BCUT2D eigenvalue weighted by atomic mass is 10.1. The van der Waals surface area contributed by atoms with Gasteiger partial charge >= 0.3 is 0 Å². The minimum atomic E-state index is 0.0260. The minimum Gasteiger partial charge on any atom is -0.378 e. The molecular weight excluding hydrogens is 359 g/mol. The van der Waals surface area contributed by atoms with Gasteiger partial charge in [0, 0.05) is 28.9 Å². The Balaban J connectivity index is 2.08. The lowest BCUT2D eigenvalue weighted by Crippen LogP contribution is -2.07. The van der Waals surface area contributed by atoms with Gasteiger partial charge in [0.1, 0.15) is 0 Å². The molecule has 3 heteroatoms. The van der Waals surface area contributed by atoms with Crippen LogP contribution in [0, 0.1) is 3.57 Å². The molecule has 0 aromatic heterocycles. The second kappa shape index (κ2) is 6.70. The maximum atomic E-state index is 12.0. The molecule has 0 saturated carbocycles. The van der Waals surface area contributed by atoms with Gasteiger partial charge in [-0.2, -0.15) is 0 Å². The van der Waals surface area contributed by atoms with Crippen molar-refractivity contribution in [3.8, 4) is 0 Å². The number of halogens is 1. The average molecular weight is 375 g/mol. The summed E-state index contributed by atoms with van der Waals surface area (Å²) in [6.07, 6.45) is 3.46. The number of allylic oxidation sites excluding steroid dienone is 1. The number of hydrogen-bond acceptors (Lipinski definition) is 2. The van der Waals surface area contributed by atoms with Crippen molar-refractivity contribution in [2.75, 3.05) is 19.0 Å². The van der Waals surface area contributed by atoms with Crippen molar-refractivity contribution in [3.05, 3.63) is 69.3 Å². The van der Waals surface area contributed by atoms with E-state index >= 15 is 0 Å². The highest BCUT2D eigenvalue weighted by atomic mass is 125. The van der Waals surface area contributed by atoms with E-state index in [4.69, 9.17) is 0 Å². The van der Waals surface area contributed by atoms with Crippen LogP contribution in [0.5, 0.6) is 0 Å². The molecule has 0 heterocycles. The summed E-state index contributed by atoms with van der Waals surface area (Å²) in [6.45, 7) is 0. The zero-order valence-corrected chi connectivity index (χ0v) is 13.7. The quantitative estimate of drug-likeness (QED) is 0.452. The molecule has 0 bridgehead atoms. The van der Waals surface area contributed by atoms with Crippen molar-refractivity contribution >= 4 is 40.1 Å². The highest BCUT2D eigenvalue weighted by Gasteiger charge is 2.01. The van der Waals surface area contributed by atoms with Gasteiger partial charge in [-0.3, -0.25) is 4.79 Å². The molecule has 0 radical (unpaired) electrons. The van der Waals surface area contributed by atoms with Crippen LogP contribution in [-0.2, 0) is 0 Å². The fraction of sp³-hybridized carbons (Fsp3) is 0.118. The molecule has 2 aromatic rings. The summed E-state index contributed by atoms with van der Waals surface area (Å²) in [4.78, 5) is 14.1. The van der Waals surface area contributed by atoms with Crippen LogP contribution in [0.3, 0.4) is 0 Å². The number of ketones is 1. The summed E-state index contributed by atoms with van der Waals surface area (Å²) in [5.74, 6) is 0.0260. The summed E-state index contributed by atoms with van der Waals surface area (Å²) in [7, 11) is 4.01. The maximum Gasteiger partial charge on any atom is 0.185 e. The number of benzene rings is 2. The van der Waals surface area contributed by atoms with Gasteiger partial charge < -0.3 is 4.90 Å². The lowest BCUT2D eigenvalue weighted by Gasteiger charge is -2.11. The molecular formula is C17H16INO. The number of anilines is 1. The van der Waals surface area contributed by atoms with E-state index < -0.39 is 0 Å². The Morgan fingerprint density at radius 2 is 1.60 bits per heavy atom. The van der Waals surface area contributed by atoms with E-state index in [2.05, 4.69) is 22.6 Å². The Kier molecular flexibility index (Phi) is 4.95. The predicted molar refractivity (Wildman–Crippen MR) is 93.3 cm³/mol. The molecule has 0 N–H and O–H groups in total. The molecule has 0 unspecified atom stereocenters. The molecule has 0 aliphatic heterocycles. The summed E-state index contributed by atoms with van der Waals surface area (Å²) in [6, 6.07) is 15.7. The Morgan fingerprint density at radius 1 is 1.00 bits per heavy atom. The summed E-state index contributed by atoms with van der Waals surface area (Å²) in [5, 5.41) is 0. The SMILES string of the molecule is CN(C)c1ccc(/C=C/C(=O)c2ccc([125I])cc2)cc1. The topological polar surface area (TPSA) is 20.3 Å². The molecule has 102 valence electrons. The minimum absolute atomic E-state index is 0.0260. The fourth-order valence-corrected chi connectivity index (χ4v) is 2.13.